The first kappa shape index (κ1) is 20.9. The highest BCUT2D eigenvalue weighted by atomic mass is 16.5. The lowest BCUT2D eigenvalue weighted by Gasteiger charge is -2.20. The van der Waals surface area contributed by atoms with Gasteiger partial charge < -0.3 is 20.3 Å². The van der Waals surface area contributed by atoms with E-state index in [0.29, 0.717) is 0 Å². The van der Waals surface area contributed by atoms with Crippen LogP contribution in [0.4, 0.5) is 0 Å². The molecule has 1 heterocycles. The van der Waals surface area contributed by atoms with E-state index in [9.17, 15) is 0 Å². The highest BCUT2D eigenvalue weighted by Crippen LogP contribution is 2.30. The van der Waals surface area contributed by atoms with E-state index in [4.69, 9.17) is 24.5 Å². The van der Waals surface area contributed by atoms with Crippen molar-refractivity contribution in [1.29, 1.82) is 0 Å². The van der Waals surface area contributed by atoms with Crippen LogP contribution in [0.15, 0.2) is 67.0 Å². The number of rotatable bonds is 6. The zero-order valence-electron chi connectivity index (χ0n) is 15.4. The molecule has 7 heteroatoms. The molecule has 7 nitrogen and oxygen atoms in total. The smallest absolute Gasteiger partial charge is 0.414 e. The molecule has 0 radical (unpaired) electrons. The van der Waals surface area contributed by atoms with Crippen molar-refractivity contribution in [2.24, 2.45) is 0 Å². The van der Waals surface area contributed by atoms with Gasteiger partial charge in [0, 0.05) is 29.8 Å². The Morgan fingerprint density at radius 1 is 1.04 bits per heavy atom. The minimum absolute atomic E-state index is 0.00745. The van der Waals surface area contributed by atoms with E-state index in [1.54, 1.807) is 6.20 Å². The summed E-state index contributed by atoms with van der Waals surface area (Å²) in [5.74, 6) is -2.73. The normalized spacial score (nSPS) is 11.2. The van der Waals surface area contributed by atoms with Crippen molar-refractivity contribution in [1.82, 2.24) is 10.3 Å². The number of benzene rings is 2. The summed E-state index contributed by atoms with van der Waals surface area (Å²) in [5.41, 5.74) is 1.10. The number of pyridine rings is 1. The lowest BCUT2D eigenvalue weighted by atomic mass is 10.1. The van der Waals surface area contributed by atoms with Crippen molar-refractivity contribution in [2.75, 3.05) is 13.6 Å². The standard InChI is InChI=1S/C19H20N2O.C2H2O4/c1-20-13-11-18(16-8-5-12-21-14-16)22-19-10-4-7-15-6-2-3-9-17(15)19;3-1(4)2(5)6/h2-10,12,14,18,20H,11,13H2,1H3;(H,3,4)(H,5,6). The lowest BCUT2D eigenvalue weighted by Crippen LogP contribution is -2.16. The molecule has 3 aromatic rings. The largest absolute Gasteiger partial charge is 0.485 e. The average molecular weight is 382 g/mol. The summed E-state index contributed by atoms with van der Waals surface area (Å²) in [6.45, 7) is 0.893. The van der Waals surface area contributed by atoms with Crippen molar-refractivity contribution in [3.8, 4) is 5.75 Å². The fourth-order valence-corrected chi connectivity index (χ4v) is 2.59. The molecule has 0 bridgehead atoms. The van der Waals surface area contributed by atoms with Gasteiger partial charge in [-0.25, -0.2) is 9.59 Å². The number of ether oxygens (including phenoxy) is 1. The highest BCUT2D eigenvalue weighted by Gasteiger charge is 2.14. The molecule has 0 saturated heterocycles. The third kappa shape index (κ3) is 6.07. The predicted molar refractivity (Wildman–Crippen MR) is 105 cm³/mol. The first-order valence-corrected chi connectivity index (χ1v) is 8.68. The van der Waals surface area contributed by atoms with Gasteiger partial charge in [0.1, 0.15) is 11.9 Å². The number of fused-ring (bicyclic) bond motifs is 1. The first-order valence-electron chi connectivity index (χ1n) is 8.68. The zero-order chi connectivity index (χ0) is 20.4. The third-order valence-electron chi connectivity index (χ3n) is 3.91. The van der Waals surface area contributed by atoms with Gasteiger partial charge in [-0.3, -0.25) is 4.98 Å². The maximum absolute atomic E-state index is 9.10. The molecule has 146 valence electrons. The summed E-state index contributed by atoms with van der Waals surface area (Å²) in [7, 11) is 1.96. The zero-order valence-corrected chi connectivity index (χ0v) is 15.4. The molecule has 0 aliphatic carbocycles. The molecule has 3 N–H and O–H groups in total. The Bertz CT molecular complexity index is 898. The first-order chi connectivity index (χ1) is 13.5. The van der Waals surface area contributed by atoms with Crippen LogP contribution in [0.1, 0.15) is 18.1 Å². The minimum atomic E-state index is -1.82. The van der Waals surface area contributed by atoms with Crippen LogP contribution < -0.4 is 10.1 Å². The van der Waals surface area contributed by atoms with Gasteiger partial charge in [-0.05, 0) is 31.1 Å². The number of aromatic nitrogens is 1. The van der Waals surface area contributed by atoms with Crippen molar-refractivity contribution < 1.29 is 24.5 Å². The molecule has 0 saturated carbocycles. The van der Waals surface area contributed by atoms with Crippen molar-refractivity contribution >= 4 is 22.7 Å². The Hall–Kier alpha value is -3.45. The van der Waals surface area contributed by atoms with E-state index < -0.39 is 11.9 Å². The molecular weight excluding hydrogens is 360 g/mol. The van der Waals surface area contributed by atoms with Gasteiger partial charge in [0.15, 0.2) is 0 Å². The van der Waals surface area contributed by atoms with Crippen LogP contribution in [0.5, 0.6) is 5.75 Å². The van der Waals surface area contributed by atoms with Crippen LogP contribution in [-0.2, 0) is 9.59 Å². The van der Waals surface area contributed by atoms with Gasteiger partial charge in [-0.2, -0.15) is 0 Å². The molecule has 0 amide bonds. The molecule has 0 fully saturated rings. The SMILES string of the molecule is CNCCC(Oc1cccc2ccccc12)c1cccnc1.O=C(O)C(=O)O. The average Bonchev–Trinajstić information content (AvgIpc) is 2.72. The molecule has 0 spiro atoms. The Morgan fingerprint density at radius 2 is 1.75 bits per heavy atom. The summed E-state index contributed by atoms with van der Waals surface area (Å²) in [6, 6.07) is 18.5. The number of carboxylic acids is 2. The number of aliphatic carboxylic acids is 2. The number of hydrogen-bond donors (Lipinski definition) is 3. The van der Waals surface area contributed by atoms with Crippen molar-refractivity contribution in [2.45, 2.75) is 12.5 Å². The van der Waals surface area contributed by atoms with Crippen LogP contribution in [0.2, 0.25) is 0 Å². The Labute approximate surface area is 162 Å². The van der Waals surface area contributed by atoms with Crippen LogP contribution in [0.25, 0.3) is 10.8 Å². The lowest BCUT2D eigenvalue weighted by molar-refractivity contribution is -0.159. The number of nitrogens with one attached hydrogen (secondary N) is 1. The Morgan fingerprint density at radius 3 is 2.39 bits per heavy atom. The predicted octanol–water partition coefficient (Wildman–Crippen LogP) is 3.12. The second-order valence-electron chi connectivity index (χ2n) is 5.87. The second-order valence-corrected chi connectivity index (χ2v) is 5.87. The quantitative estimate of drug-likeness (QED) is 0.562. The number of nitrogens with zero attached hydrogens (tertiary/aromatic N) is 1. The number of carboxylic acid groups (broad SMARTS) is 2. The van der Waals surface area contributed by atoms with Gasteiger partial charge >= 0.3 is 11.9 Å². The maximum atomic E-state index is 9.10. The molecule has 0 aliphatic heterocycles. The highest BCUT2D eigenvalue weighted by molar-refractivity contribution is 6.27. The third-order valence-corrected chi connectivity index (χ3v) is 3.91. The second kappa shape index (κ2) is 10.6. The molecule has 0 aliphatic rings. The van der Waals surface area contributed by atoms with Crippen molar-refractivity contribution in [3.63, 3.8) is 0 Å². The van der Waals surface area contributed by atoms with E-state index in [-0.39, 0.29) is 6.10 Å². The summed E-state index contributed by atoms with van der Waals surface area (Å²) in [4.78, 5) is 22.4. The van der Waals surface area contributed by atoms with Crippen LogP contribution >= 0.6 is 0 Å². The van der Waals surface area contributed by atoms with Gasteiger partial charge in [-0.1, -0.05) is 42.5 Å². The summed E-state index contributed by atoms with van der Waals surface area (Å²) < 4.78 is 6.34. The monoisotopic (exact) mass is 382 g/mol. The van der Waals surface area contributed by atoms with Crippen LogP contribution in [0.3, 0.4) is 0 Å². The summed E-state index contributed by atoms with van der Waals surface area (Å²) in [6.07, 6.45) is 4.56. The maximum Gasteiger partial charge on any atom is 0.414 e. The molecule has 28 heavy (non-hydrogen) atoms. The summed E-state index contributed by atoms with van der Waals surface area (Å²) >= 11 is 0. The van der Waals surface area contributed by atoms with E-state index in [0.717, 1.165) is 29.7 Å². The molecular formula is C21H22N2O5. The Kier molecular flexibility index (Phi) is 7.92. The fraction of sp³-hybridized carbons (Fsp3) is 0.190. The van der Waals surface area contributed by atoms with E-state index >= 15 is 0 Å². The molecule has 3 rings (SSSR count). The number of carbonyl (C=O) groups is 2. The molecule has 1 aromatic heterocycles. The summed E-state index contributed by atoms with van der Waals surface area (Å²) in [5, 5.41) is 20.3. The minimum Gasteiger partial charge on any atom is -0.485 e. The van der Waals surface area contributed by atoms with E-state index in [2.05, 4.69) is 34.6 Å². The topological polar surface area (TPSA) is 109 Å². The van der Waals surface area contributed by atoms with Crippen LogP contribution in [-0.4, -0.2) is 40.7 Å². The van der Waals surface area contributed by atoms with E-state index in [1.807, 2.05) is 43.6 Å². The van der Waals surface area contributed by atoms with Crippen molar-refractivity contribution in [3.05, 3.63) is 72.6 Å². The molecule has 1 atom stereocenters. The Balaban J connectivity index is 0.000000409. The van der Waals surface area contributed by atoms with Gasteiger partial charge in [0.25, 0.3) is 0 Å². The fourth-order valence-electron chi connectivity index (χ4n) is 2.59. The number of hydrogen-bond acceptors (Lipinski definition) is 5. The molecule has 1 unspecified atom stereocenters. The molecule has 2 aromatic carbocycles. The van der Waals surface area contributed by atoms with Gasteiger partial charge in [0.05, 0.1) is 0 Å². The van der Waals surface area contributed by atoms with Gasteiger partial charge in [-0.15, -0.1) is 0 Å². The van der Waals surface area contributed by atoms with Crippen LogP contribution in [0, 0.1) is 0 Å². The van der Waals surface area contributed by atoms with Gasteiger partial charge in [0.2, 0.25) is 0 Å². The van der Waals surface area contributed by atoms with E-state index in [1.165, 1.54) is 5.39 Å².